The lowest BCUT2D eigenvalue weighted by atomic mass is 9.94. The van der Waals surface area contributed by atoms with E-state index >= 15 is 0 Å². The smallest absolute Gasteiger partial charge is 0.314 e. The number of rotatable bonds is 10. The first-order valence-electron chi connectivity index (χ1n) is 6.90. The lowest BCUT2D eigenvalue weighted by Gasteiger charge is -2.28. The summed E-state index contributed by atoms with van der Waals surface area (Å²) in [5.74, 6) is -0.211. The Labute approximate surface area is 139 Å². The van der Waals surface area contributed by atoms with Gasteiger partial charge in [0.05, 0.1) is 27.8 Å². The Morgan fingerprint density at radius 1 is 1.05 bits per heavy atom. The van der Waals surface area contributed by atoms with Gasteiger partial charge in [-0.05, 0) is 53.9 Å². The van der Waals surface area contributed by atoms with Crippen molar-refractivity contribution in [1.29, 1.82) is 0 Å². The van der Waals surface area contributed by atoms with Gasteiger partial charge in [0.2, 0.25) is 0 Å². The third kappa shape index (κ3) is 11.2. The Hall–Kier alpha value is 0.470. The van der Waals surface area contributed by atoms with E-state index in [9.17, 15) is 4.79 Å². The fourth-order valence-electron chi connectivity index (χ4n) is 1.38. The van der Waals surface area contributed by atoms with Crippen molar-refractivity contribution in [3.05, 3.63) is 0 Å². The maximum atomic E-state index is 12.0. The van der Waals surface area contributed by atoms with Gasteiger partial charge in [0.1, 0.15) is 5.60 Å². The van der Waals surface area contributed by atoms with Crippen molar-refractivity contribution in [2.45, 2.75) is 59.5 Å². The van der Waals surface area contributed by atoms with E-state index in [-0.39, 0.29) is 5.97 Å². The van der Waals surface area contributed by atoms with Crippen molar-refractivity contribution in [1.82, 2.24) is 0 Å². The van der Waals surface area contributed by atoms with E-state index in [0.29, 0.717) is 13.2 Å². The first kappa shape index (κ1) is 20.5. The monoisotopic (exact) mass is 418 g/mol. The van der Waals surface area contributed by atoms with Gasteiger partial charge < -0.3 is 13.7 Å². The molecule has 0 aromatic rings. The molecule has 120 valence electrons. The molecule has 0 heterocycles. The zero-order chi connectivity index (χ0) is 15.6. The number of carbonyl (C=O) groups is 1. The topological polar surface area (TPSA) is 44.8 Å². The first-order valence-corrected chi connectivity index (χ1v) is 10.2. The Bertz CT molecular complexity index is 277. The molecule has 0 saturated heterocycles. The zero-order valence-corrected chi connectivity index (χ0v) is 16.1. The third-order valence-electron chi connectivity index (χ3n) is 2.48. The molecule has 0 amide bonds. The second-order valence-electron chi connectivity index (χ2n) is 6.38. The number of halogens is 1. The summed E-state index contributed by atoms with van der Waals surface area (Å²) in [6.45, 7) is 11.2. The van der Waals surface area contributed by atoms with E-state index in [1.807, 2.05) is 34.6 Å². The van der Waals surface area contributed by atoms with E-state index in [4.69, 9.17) is 13.7 Å². The number of carbonyl (C=O) groups excluding carboxylic acids is 1. The standard InChI is InChI=1S/C14H27IO4S/c1-13(2,3)19-12(16)14(4,5)11-17-9-7-6-8-10-18-20-15/h6-11H2,1-5H3. The summed E-state index contributed by atoms with van der Waals surface area (Å²) >= 11 is 2.11. The number of hydrogen-bond acceptors (Lipinski definition) is 5. The molecule has 0 N–H and O–H groups in total. The molecule has 0 fully saturated rings. The van der Waals surface area contributed by atoms with Gasteiger partial charge in [-0.15, -0.1) is 0 Å². The summed E-state index contributed by atoms with van der Waals surface area (Å²) in [5, 5.41) is 0. The zero-order valence-electron chi connectivity index (χ0n) is 13.2. The number of hydrogen-bond donors (Lipinski definition) is 0. The minimum absolute atomic E-state index is 0.211. The molecular formula is C14H27IO4S. The van der Waals surface area contributed by atoms with Crippen LogP contribution in [0.5, 0.6) is 0 Å². The van der Waals surface area contributed by atoms with Gasteiger partial charge in [0.15, 0.2) is 0 Å². The predicted molar refractivity (Wildman–Crippen MR) is 91.9 cm³/mol. The van der Waals surface area contributed by atoms with Crippen LogP contribution >= 0.6 is 30.4 Å². The molecule has 0 bridgehead atoms. The molecule has 0 unspecified atom stereocenters. The van der Waals surface area contributed by atoms with Crippen LogP contribution in [0.15, 0.2) is 0 Å². The average molecular weight is 418 g/mol. The molecule has 0 aromatic heterocycles. The fourth-order valence-corrected chi connectivity index (χ4v) is 2.10. The van der Waals surface area contributed by atoms with Gasteiger partial charge in [0, 0.05) is 27.8 Å². The predicted octanol–water partition coefficient (Wildman–Crippen LogP) is 4.56. The van der Waals surface area contributed by atoms with E-state index in [2.05, 4.69) is 21.2 Å². The molecule has 4 nitrogen and oxygen atoms in total. The number of ether oxygens (including phenoxy) is 2. The maximum absolute atomic E-state index is 12.0. The molecule has 0 aromatic carbocycles. The number of unbranched alkanes of at least 4 members (excludes halogenated alkanes) is 2. The maximum Gasteiger partial charge on any atom is 0.314 e. The molecule has 0 saturated carbocycles. The van der Waals surface area contributed by atoms with Gasteiger partial charge in [-0.3, -0.25) is 4.79 Å². The quantitative estimate of drug-likeness (QED) is 0.225. The van der Waals surface area contributed by atoms with E-state index in [1.165, 1.54) is 9.21 Å². The van der Waals surface area contributed by atoms with Crippen molar-refractivity contribution in [3.8, 4) is 0 Å². The Morgan fingerprint density at radius 3 is 2.20 bits per heavy atom. The van der Waals surface area contributed by atoms with E-state index < -0.39 is 11.0 Å². The van der Waals surface area contributed by atoms with E-state index in [0.717, 1.165) is 25.9 Å². The average Bonchev–Trinajstić information content (AvgIpc) is 2.30. The lowest BCUT2D eigenvalue weighted by molar-refractivity contribution is -0.169. The minimum atomic E-state index is -0.603. The first-order chi connectivity index (χ1) is 9.19. The van der Waals surface area contributed by atoms with Crippen LogP contribution in [0.25, 0.3) is 0 Å². The van der Waals surface area contributed by atoms with Crippen LogP contribution in [-0.2, 0) is 18.5 Å². The molecule has 20 heavy (non-hydrogen) atoms. The second kappa shape index (κ2) is 10.2. The van der Waals surface area contributed by atoms with Crippen LogP contribution in [-0.4, -0.2) is 31.4 Å². The molecule has 0 aliphatic rings. The summed E-state index contributed by atoms with van der Waals surface area (Å²) in [4.78, 5) is 12.0. The molecule has 0 spiro atoms. The molecule has 6 heteroatoms. The van der Waals surface area contributed by atoms with Crippen LogP contribution in [0.4, 0.5) is 0 Å². The molecule has 0 radical (unpaired) electrons. The van der Waals surface area contributed by atoms with Crippen molar-refractivity contribution < 1.29 is 18.5 Å². The number of esters is 1. The Kier molecular flexibility index (Phi) is 10.5. The third-order valence-corrected chi connectivity index (χ3v) is 3.49. The van der Waals surface area contributed by atoms with Gasteiger partial charge in [-0.25, -0.2) is 0 Å². The largest absolute Gasteiger partial charge is 0.459 e. The fraction of sp³-hybridized carbons (Fsp3) is 0.929. The Morgan fingerprint density at radius 2 is 1.65 bits per heavy atom. The lowest BCUT2D eigenvalue weighted by Crippen LogP contribution is -2.37. The molecular weight excluding hydrogens is 391 g/mol. The summed E-state index contributed by atoms with van der Waals surface area (Å²) in [6.07, 6.45) is 3.10. The minimum Gasteiger partial charge on any atom is -0.459 e. The summed E-state index contributed by atoms with van der Waals surface area (Å²) in [6, 6.07) is 0. The summed E-state index contributed by atoms with van der Waals surface area (Å²) in [7, 11) is 1.37. The second-order valence-corrected chi connectivity index (χ2v) is 7.82. The van der Waals surface area contributed by atoms with Gasteiger partial charge in [0.25, 0.3) is 0 Å². The molecule has 0 rings (SSSR count). The Balaban J connectivity index is 3.74. The summed E-state index contributed by atoms with van der Waals surface area (Å²) in [5.41, 5.74) is -1.06. The van der Waals surface area contributed by atoms with Crippen LogP contribution in [0.1, 0.15) is 53.9 Å². The van der Waals surface area contributed by atoms with Crippen molar-refractivity contribution in [2.75, 3.05) is 19.8 Å². The van der Waals surface area contributed by atoms with Gasteiger partial charge in [-0.1, -0.05) is 0 Å². The molecule has 0 aliphatic carbocycles. The highest BCUT2D eigenvalue weighted by Gasteiger charge is 2.32. The van der Waals surface area contributed by atoms with Gasteiger partial charge in [-0.2, -0.15) is 0 Å². The van der Waals surface area contributed by atoms with Crippen LogP contribution < -0.4 is 0 Å². The highest BCUT2D eigenvalue weighted by molar-refractivity contribution is 14.2. The highest BCUT2D eigenvalue weighted by atomic mass is 127. The van der Waals surface area contributed by atoms with E-state index in [1.54, 1.807) is 0 Å². The highest BCUT2D eigenvalue weighted by Crippen LogP contribution is 2.22. The summed E-state index contributed by atoms with van der Waals surface area (Å²) < 4.78 is 16.2. The van der Waals surface area contributed by atoms with Crippen LogP contribution in [0.2, 0.25) is 0 Å². The van der Waals surface area contributed by atoms with Crippen molar-refractivity contribution >= 4 is 36.4 Å². The van der Waals surface area contributed by atoms with Crippen LogP contribution in [0, 0.1) is 5.41 Å². The SMILES string of the molecule is CC(C)(C)OC(=O)C(C)(C)COCCCCCOSI. The molecule has 0 aliphatic heterocycles. The van der Waals surface area contributed by atoms with Crippen molar-refractivity contribution in [3.63, 3.8) is 0 Å². The van der Waals surface area contributed by atoms with Gasteiger partial charge >= 0.3 is 5.97 Å². The van der Waals surface area contributed by atoms with Crippen molar-refractivity contribution in [2.24, 2.45) is 5.41 Å². The van der Waals surface area contributed by atoms with Crippen LogP contribution in [0.3, 0.4) is 0 Å². The molecule has 0 atom stereocenters. The normalized spacial score (nSPS) is 12.5.